The molecule has 0 aliphatic carbocycles. The Morgan fingerprint density at radius 1 is 0.971 bits per heavy atom. The molecule has 0 N–H and O–H groups in total. The second kappa shape index (κ2) is 9.76. The summed E-state index contributed by atoms with van der Waals surface area (Å²) in [7, 11) is 1.71. The van der Waals surface area contributed by atoms with Crippen LogP contribution < -0.4 is 9.80 Å². The molecule has 2 amide bonds. The summed E-state index contributed by atoms with van der Waals surface area (Å²) in [6, 6.07) is 19.5. The van der Waals surface area contributed by atoms with Gasteiger partial charge in [0, 0.05) is 48.7 Å². The smallest absolute Gasteiger partial charge is 0.264 e. The van der Waals surface area contributed by atoms with Gasteiger partial charge in [0.2, 0.25) is 0 Å². The molecule has 3 aromatic carbocycles. The SMILES string of the molecule is CN1C(=O)/C(=C/c2ccccc2Cl)Sc2ccc(C(=O)N3CCN(c4ccccc4F)CC3)cc21. The lowest BCUT2D eigenvalue weighted by molar-refractivity contribution is -0.114. The lowest BCUT2D eigenvalue weighted by atomic mass is 10.1. The lowest BCUT2D eigenvalue weighted by Gasteiger charge is -2.36. The molecule has 3 aromatic rings. The number of carbonyl (C=O) groups excluding carboxylic acids is 2. The van der Waals surface area contributed by atoms with Gasteiger partial charge in [-0.15, -0.1) is 0 Å². The zero-order chi connectivity index (χ0) is 24.5. The average molecular weight is 508 g/mol. The summed E-state index contributed by atoms with van der Waals surface area (Å²) in [5, 5.41) is 0.581. The molecule has 0 radical (unpaired) electrons. The Morgan fingerprint density at radius 3 is 2.43 bits per heavy atom. The van der Waals surface area contributed by atoms with Gasteiger partial charge in [-0.3, -0.25) is 9.59 Å². The van der Waals surface area contributed by atoms with Crippen LogP contribution in [0.4, 0.5) is 15.8 Å². The Kier molecular flexibility index (Phi) is 6.54. The summed E-state index contributed by atoms with van der Waals surface area (Å²) in [6.07, 6.45) is 1.79. The minimum absolute atomic E-state index is 0.0933. The molecule has 1 saturated heterocycles. The number of thioether (sulfide) groups is 1. The summed E-state index contributed by atoms with van der Waals surface area (Å²) < 4.78 is 14.1. The van der Waals surface area contributed by atoms with Gasteiger partial charge in [0.25, 0.3) is 11.8 Å². The Morgan fingerprint density at radius 2 is 1.69 bits per heavy atom. The number of likely N-dealkylation sites (N-methyl/N-ethyl adjacent to an activating group) is 1. The van der Waals surface area contributed by atoms with E-state index in [2.05, 4.69) is 0 Å². The summed E-state index contributed by atoms with van der Waals surface area (Å²) in [5.41, 5.74) is 2.57. The Hall–Kier alpha value is -3.29. The van der Waals surface area contributed by atoms with Crippen LogP contribution >= 0.6 is 23.4 Å². The van der Waals surface area contributed by atoms with Crippen LogP contribution in [0, 0.1) is 5.82 Å². The van der Waals surface area contributed by atoms with Gasteiger partial charge in [-0.25, -0.2) is 4.39 Å². The maximum Gasteiger partial charge on any atom is 0.264 e. The molecule has 1 fully saturated rings. The topological polar surface area (TPSA) is 43.9 Å². The van der Waals surface area contributed by atoms with Crippen LogP contribution in [-0.4, -0.2) is 49.9 Å². The van der Waals surface area contributed by atoms with Crippen molar-refractivity contribution in [1.29, 1.82) is 0 Å². The molecular weight excluding hydrogens is 485 g/mol. The first-order valence-corrected chi connectivity index (χ1v) is 12.5. The predicted molar refractivity (Wildman–Crippen MR) is 140 cm³/mol. The maximum atomic E-state index is 14.1. The fraction of sp³-hybridized carbons (Fsp3) is 0.185. The normalized spacial score (nSPS) is 17.1. The van der Waals surface area contributed by atoms with Gasteiger partial charge in [0.15, 0.2) is 0 Å². The van der Waals surface area contributed by atoms with Crippen LogP contribution in [0.2, 0.25) is 5.02 Å². The molecule has 0 aromatic heterocycles. The highest BCUT2D eigenvalue weighted by atomic mass is 35.5. The van der Waals surface area contributed by atoms with E-state index >= 15 is 0 Å². The summed E-state index contributed by atoms with van der Waals surface area (Å²) in [6.45, 7) is 2.11. The van der Waals surface area contributed by atoms with Gasteiger partial charge in [-0.1, -0.05) is 53.7 Å². The van der Waals surface area contributed by atoms with Crippen molar-refractivity contribution >= 4 is 52.6 Å². The number of halogens is 2. The van der Waals surface area contributed by atoms with Crippen molar-refractivity contribution in [3.63, 3.8) is 0 Å². The van der Waals surface area contributed by atoms with Crippen molar-refractivity contribution < 1.29 is 14.0 Å². The molecule has 0 atom stereocenters. The van der Waals surface area contributed by atoms with Crippen LogP contribution in [0.1, 0.15) is 15.9 Å². The van der Waals surface area contributed by atoms with Gasteiger partial charge in [-0.2, -0.15) is 0 Å². The first-order valence-electron chi connectivity index (χ1n) is 11.3. The van der Waals surface area contributed by atoms with Crippen LogP contribution in [-0.2, 0) is 4.79 Å². The number of carbonyl (C=O) groups is 2. The standard InChI is InChI=1S/C27H23ClFN3O2S/c1-30-23-16-19(26(33)32-14-12-31(13-15-32)22-9-5-4-8-21(22)29)10-11-24(23)35-25(27(30)34)17-18-6-2-3-7-20(18)28/h2-11,16-17H,12-15H2,1H3/b25-17-. The quantitative estimate of drug-likeness (QED) is 0.436. The van der Waals surface area contributed by atoms with Crippen LogP contribution in [0.15, 0.2) is 76.5 Å². The van der Waals surface area contributed by atoms with Gasteiger partial charge in [0.05, 0.1) is 16.3 Å². The molecule has 2 heterocycles. The highest BCUT2D eigenvalue weighted by Crippen LogP contribution is 2.42. The van der Waals surface area contributed by atoms with E-state index in [1.165, 1.54) is 17.8 Å². The van der Waals surface area contributed by atoms with Crippen molar-refractivity contribution in [2.75, 3.05) is 43.0 Å². The van der Waals surface area contributed by atoms with E-state index in [1.807, 2.05) is 35.2 Å². The third-order valence-corrected chi connectivity index (χ3v) is 7.68. The van der Waals surface area contributed by atoms with E-state index in [1.54, 1.807) is 53.3 Å². The number of nitrogens with zero attached hydrogens (tertiary/aromatic N) is 3. The maximum absolute atomic E-state index is 14.1. The average Bonchev–Trinajstić information content (AvgIpc) is 2.88. The second-order valence-corrected chi connectivity index (χ2v) is 9.90. The minimum Gasteiger partial charge on any atom is -0.366 e. The van der Waals surface area contributed by atoms with Crippen LogP contribution in [0.3, 0.4) is 0 Å². The molecule has 8 heteroatoms. The fourth-order valence-electron chi connectivity index (χ4n) is 4.30. The van der Waals surface area contributed by atoms with E-state index in [-0.39, 0.29) is 17.6 Å². The number of amides is 2. The Balaban J connectivity index is 1.32. The van der Waals surface area contributed by atoms with Gasteiger partial charge >= 0.3 is 0 Å². The monoisotopic (exact) mass is 507 g/mol. The summed E-state index contributed by atoms with van der Waals surface area (Å²) in [5.74, 6) is -0.495. The highest BCUT2D eigenvalue weighted by Gasteiger charge is 2.29. The molecule has 0 spiro atoms. The molecule has 0 bridgehead atoms. The van der Waals surface area contributed by atoms with Gasteiger partial charge < -0.3 is 14.7 Å². The van der Waals surface area contributed by atoms with E-state index in [9.17, 15) is 14.0 Å². The summed E-state index contributed by atoms with van der Waals surface area (Å²) in [4.78, 5) is 33.0. The Bertz CT molecular complexity index is 1340. The summed E-state index contributed by atoms with van der Waals surface area (Å²) >= 11 is 7.64. The largest absolute Gasteiger partial charge is 0.366 e. The number of fused-ring (bicyclic) bond motifs is 1. The van der Waals surface area contributed by atoms with E-state index in [4.69, 9.17) is 11.6 Å². The number of benzene rings is 3. The number of hydrogen-bond donors (Lipinski definition) is 0. The predicted octanol–water partition coefficient (Wildman–Crippen LogP) is 5.55. The molecule has 2 aliphatic rings. The number of hydrogen-bond acceptors (Lipinski definition) is 4. The van der Waals surface area contributed by atoms with E-state index in [0.717, 1.165) is 10.5 Å². The number of para-hydroxylation sites is 1. The first kappa shape index (κ1) is 23.5. The zero-order valence-electron chi connectivity index (χ0n) is 19.1. The van der Waals surface area contributed by atoms with Crippen molar-refractivity contribution in [1.82, 2.24) is 4.90 Å². The minimum atomic E-state index is -0.255. The van der Waals surface area contributed by atoms with Crippen molar-refractivity contribution in [3.8, 4) is 0 Å². The van der Waals surface area contributed by atoms with E-state index in [0.29, 0.717) is 53.0 Å². The first-order chi connectivity index (χ1) is 16.9. The lowest BCUT2D eigenvalue weighted by Crippen LogP contribution is -2.49. The van der Waals surface area contributed by atoms with Crippen molar-refractivity contribution in [2.45, 2.75) is 4.90 Å². The molecule has 5 rings (SSSR count). The second-order valence-electron chi connectivity index (χ2n) is 8.41. The number of piperazine rings is 1. The molecular formula is C27H23ClFN3O2S. The third kappa shape index (κ3) is 4.66. The van der Waals surface area contributed by atoms with Crippen LogP contribution in [0.5, 0.6) is 0 Å². The van der Waals surface area contributed by atoms with Crippen LogP contribution in [0.25, 0.3) is 6.08 Å². The molecule has 0 saturated carbocycles. The zero-order valence-corrected chi connectivity index (χ0v) is 20.7. The van der Waals surface area contributed by atoms with Gasteiger partial charge in [-0.05, 0) is 48.0 Å². The molecule has 2 aliphatic heterocycles. The molecule has 178 valence electrons. The van der Waals surface area contributed by atoms with E-state index < -0.39 is 0 Å². The fourth-order valence-corrected chi connectivity index (χ4v) is 5.58. The van der Waals surface area contributed by atoms with Crippen molar-refractivity contribution in [2.24, 2.45) is 0 Å². The van der Waals surface area contributed by atoms with Gasteiger partial charge in [0.1, 0.15) is 5.82 Å². The third-order valence-electron chi connectivity index (χ3n) is 6.25. The molecule has 5 nitrogen and oxygen atoms in total. The Labute approximate surface area is 212 Å². The highest BCUT2D eigenvalue weighted by molar-refractivity contribution is 8.04. The molecule has 35 heavy (non-hydrogen) atoms. The van der Waals surface area contributed by atoms with Crippen molar-refractivity contribution in [3.05, 3.63) is 93.6 Å². The number of anilines is 2. The molecule has 0 unspecified atom stereocenters. The number of rotatable bonds is 3.